The monoisotopic (exact) mass is 198 g/mol. The van der Waals surface area contributed by atoms with Gasteiger partial charge in [-0.05, 0) is 25.7 Å². The Kier molecular flexibility index (Phi) is 5.15. The maximum atomic E-state index is 5.74. The van der Waals surface area contributed by atoms with E-state index < -0.39 is 0 Å². The molecule has 0 radical (unpaired) electrons. The third-order valence-corrected chi connectivity index (χ3v) is 2.68. The molecule has 1 saturated heterocycles. The Bertz CT molecular complexity index is 176. The van der Waals surface area contributed by atoms with Gasteiger partial charge in [-0.15, -0.1) is 0 Å². The van der Waals surface area contributed by atoms with Crippen molar-refractivity contribution in [2.24, 2.45) is 11.7 Å². The van der Waals surface area contributed by atoms with Crippen molar-refractivity contribution >= 4 is 0 Å². The Balaban J connectivity index is 2.31. The summed E-state index contributed by atoms with van der Waals surface area (Å²) in [4.78, 5) is 0. The van der Waals surface area contributed by atoms with Crippen molar-refractivity contribution in [2.75, 3.05) is 26.3 Å². The summed E-state index contributed by atoms with van der Waals surface area (Å²) in [6.45, 7) is 9.20. The Labute approximate surface area is 86.7 Å². The molecule has 0 spiro atoms. The Morgan fingerprint density at radius 3 is 3.00 bits per heavy atom. The molecule has 1 rings (SSSR count). The highest BCUT2D eigenvalue weighted by atomic mass is 16.5. The molecule has 3 heteroatoms. The van der Waals surface area contributed by atoms with Crippen molar-refractivity contribution in [2.45, 2.75) is 25.8 Å². The average molecular weight is 198 g/mol. The first kappa shape index (κ1) is 11.7. The molecule has 14 heavy (non-hydrogen) atoms. The second-order valence-corrected chi connectivity index (χ2v) is 4.16. The van der Waals surface area contributed by atoms with Gasteiger partial charge in [0.2, 0.25) is 0 Å². The van der Waals surface area contributed by atoms with E-state index in [2.05, 4.69) is 11.9 Å². The SMILES string of the molecule is C=C(C)CNC(CN)C1CCCOC1. The number of hydrogen-bond acceptors (Lipinski definition) is 3. The van der Waals surface area contributed by atoms with Crippen LogP contribution in [0, 0.1) is 5.92 Å². The summed E-state index contributed by atoms with van der Waals surface area (Å²) >= 11 is 0. The largest absolute Gasteiger partial charge is 0.381 e. The van der Waals surface area contributed by atoms with Gasteiger partial charge in [-0.1, -0.05) is 12.2 Å². The zero-order valence-corrected chi connectivity index (χ0v) is 9.09. The standard InChI is InChI=1S/C11H22N2O/c1-9(2)7-13-11(6-12)10-4-3-5-14-8-10/h10-11,13H,1,3-8,12H2,2H3. The molecule has 2 unspecified atom stereocenters. The van der Waals surface area contributed by atoms with Gasteiger partial charge in [-0.25, -0.2) is 0 Å². The Hall–Kier alpha value is -0.380. The second-order valence-electron chi connectivity index (χ2n) is 4.16. The van der Waals surface area contributed by atoms with E-state index in [1.807, 2.05) is 6.92 Å². The van der Waals surface area contributed by atoms with Gasteiger partial charge in [0, 0.05) is 25.7 Å². The Morgan fingerprint density at radius 1 is 1.71 bits per heavy atom. The van der Waals surface area contributed by atoms with Gasteiger partial charge in [-0.2, -0.15) is 0 Å². The van der Waals surface area contributed by atoms with Crippen molar-refractivity contribution in [3.63, 3.8) is 0 Å². The molecule has 0 aromatic carbocycles. The van der Waals surface area contributed by atoms with E-state index in [0.29, 0.717) is 18.5 Å². The van der Waals surface area contributed by atoms with Crippen LogP contribution in [0.15, 0.2) is 12.2 Å². The third-order valence-electron chi connectivity index (χ3n) is 2.68. The molecule has 0 amide bonds. The Morgan fingerprint density at radius 2 is 2.50 bits per heavy atom. The van der Waals surface area contributed by atoms with Crippen LogP contribution in [0.25, 0.3) is 0 Å². The second kappa shape index (κ2) is 6.17. The number of nitrogens with one attached hydrogen (secondary N) is 1. The van der Waals surface area contributed by atoms with Crippen LogP contribution in [0.2, 0.25) is 0 Å². The maximum absolute atomic E-state index is 5.74. The van der Waals surface area contributed by atoms with Crippen LogP contribution in [-0.4, -0.2) is 32.3 Å². The normalized spacial score (nSPS) is 24.6. The van der Waals surface area contributed by atoms with Gasteiger partial charge in [0.05, 0.1) is 6.61 Å². The van der Waals surface area contributed by atoms with Crippen LogP contribution in [0.3, 0.4) is 0 Å². The smallest absolute Gasteiger partial charge is 0.0509 e. The summed E-state index contributed by atoms with van der Waals surface area (Å²) in [7, 11) is 0. The van der Waals surface area contributed by atoms with Gasteiger partial charge in [0.25, 0.3) is 0 Å². The third kappa shape index (κ3) is 3.78. The molecule has 82 valence electrons. The maximum Gasteiger partial charge on any atom is 0.0509 e. The quantitative estimate of drug-likeness (QED) is 0.645. The highest BCUT2D eigenvalue weighted by Crippen LogP contribution is 2.16. The lowest BCUT2D eigenvalue weighted by molar-refractivity contribution is 0.0410. The topological polar surface area (TPSA) is 47.3 Å². The minimum absolute atomic E-state index is 0.381. The van der Waals surface area contributed by atoms with Gasteiger partial charge < -0.3 is 15.8 Å². The summed E-state index contributed by atoms with van der Waals surface area (Å²) in [5, 5.41) is 3.43. The first-order valence-electron chi connectivity index (χ1n) is 5.39. The highest BCUT2D eigenvalue weighted by molar-refractivity contribution is 4.93. The number of hydrogen-bond donors (Lipinski definition) is 2. The van der Waals surface area contributed by atoms with E-state index in [1.165, 1.54) is 6.42 Å². The van der Waals surface area contributed by atoms with E-state index >= 15 is 0 Å². The molecule has 1 fully saturated rings. The molecule has 3 N–H and O–H groups in total. The van der Waals surface area contributed by atoms with E-state index in [0.717, 1.165) is 31.8 Å². The first-order valence-corrected chi connectivity index (χ1v) is 5.39. The lowest BCUT2D eigenvalue weighted by Crippen LogP contribution is -2.45. The average Bonchev–Trinajstić information content (AvgIpc) is 2.20. The van der Waals surface area contributed by atoms with E-state index in [9.17, 15) is 0 Å². The molecule has 1 aliphatic rings. The van der Waals surface area contributed by atoms with Crippen LogP contribution in [-0.2, 0) is 4.74 Å². The first-order chi connectivity index (χ1) is 6.74. The van der Waals surface area contributed by atoms with Crippen LogP contribution in [0.4, 0.5) is 0 Å². The van der Waals surface area contributed by atoms with Crippen LogP contribution >= 0.6 is 0 Å². The van der Waals surface area contributed by atoms with E-state index in [1.54, 1.807) is 0 Å². The predicted molar refractivity (Wildman–Crippen MR) is 59.2 cm³/mol. The number of ether oxygens (including phenoxy) is 1. The molecule has 1 heterocycles. The molecule has 0 aliphatic carbocycles. The summed E-state index contributed by atoms with van der Waals surface area (Å²) in [5.74, 6) is 0.577. The number of nitrogens with two attached hydrogens (primary N) is 1. The van der Waals surface area contributed by atoms with Crippen molar-refractivity contribution in [3.05, 3.63) is 12.2 Å². The minimum atomic E-state index is 0.381. The lowest BCUT2D eigenvalue weighted by Gasteiger charge is -2.30. The number of rotatable bonds is 5. The zero-order chi connectivity index (χ0) is 10.4. The fraction of sp³-hybridized carbons (Fsp3) is 0.818. The van der Waals surface area contributed by atoms with Gasteiger partial charge in [0.1, 0.15) is 0 Å². The van der Waals surface area contributed by atoms with E-state index in [4.69, 9.17) is 10.5 Å². The lowest BCUT2D eigenvalue weighted by atomic mass is 9.93. The molecule has 2 atom stereocenters. The van der Waals surface area contributed by atoms with Gasteiger partial charge in [0.15, 0.2) is 0 Å². The molecule has 1 aliphatic heterocycles. The fourth-order valence-electron chi connectivity index (χ4n) is 1.83. The highest BCUT2D eigenvalue weighted by Gasteiger charge is 2.22. The van der Waals surface area contributed by atoms with Crippen molar-refractivity contribution in [1.29, 1.82) is 0 Å². The zero-order valence-electron chi connectivity index (χ0n) is 9.09. The summed E-state index contributed by atoms with van der Waals surface area (Å²) in [6, 6.07) is 0.381. The van der Waals surface area contributed by atoms with Crippen LogP contribution in [0.1, 0.15) is 19.8 Å². The summed E-state index contributed by atoms with van der Waals surface area (Å²) in [5.41, 5.74) is 6.90. The molecular formula is C11H22N2O. The minimum Gasteiger partial charge on any atom is -0.381 e. The van der Waals surface area contributed by atoms with Gasteiger partial charge in [-0.3, -0.25) is 0 Å². The molecule has 3 nitrogen and oxygen atoms in total. The van der Waals surface area contributed by atoms with Crippen LogP contribution < -0.4 is 11.1 Å². The van der Waals surface area contributed by atoms with Crippen molar-refractivity contribution in [3.8, 4) is 0 Å². The van der Waals surface area contributed by atoms with E-state index in [-0.39, 0.29) is 0 Å². The predicted octanol–water partition coefficient (Wildman–Crippen LogP) is 0.906. The van der Waals surface area contributed by atoms with Crippen molar-refractivity contribution in [1.82, 2.24) is 5.32 Å². The van der Waals surface area contributed by atoms with Crippen LogP contribution in [0.5, 0.6) is 0 Å². The molecule has 0 bridgehead atoms. The molecule has 0 saturated carbocycles. The summed E-state index contributed by atoms with van der Waals surface area (Å²) < 4.78 is 5.45. The molecule has 0 aromatic rings. The summed E-state index contributed by atoms with van der Waals surface area (Å²) in [6.07, 6.45) is 2.39. The fourth-order valence-corrected chi connectivity index (χ4v) is 1.83. The molecule has 0 aromatic heterocycles. The van der Waals surface area contributed by atoms with Crippen molar-refractivity contribution < 1.29 is 4.74 Å². The van der Waals surface area contributed by atoms with Gasteiger partial charge >= 0.3 is 0 Å². The molecular weight excluding hydrogens is 176 g/mol.